The monoisotopic (exact) mass is 301 g/mol. The molecule has 0 heterocycles. The second kappa shape index (κ2) is 6.10. The van der Waals surface area contributed by atoms with E-state index in [0.29, 0.717) is 28.8 Å². The van der Waals surface area contributed by atoms with Gasteiger partial charge in [-0.15, -0.1) is 11.6 Å². The van der Waals surface area contributed by atoms with Gasteiger partial charge in [-0.3, -0.25) is 10.1 Å². The minimum atomic E-state index is -0.346. The summed E-state index contributed by atoms with van der Waals surface area (Å²) in [5.74, 6) is 0.931. The van der Waals surface area contributed by atoms with Crippen molar-refractivity contribution in [1.29, 1.82) is 0 Å². The van der Waals surface area contributed by atoms with Crippen LogP contribution in [-0.2, 0) is 6.42 Å². The average Bonchev–Trinajstić information content (AvgIpc) is 2.33. The lowest BCUT2D eigenvalue weighted by Gasteiger charge is -2.31. The Morgan fingerprint density at radius 3 is 2.84 bits per heavy atom. The fraction of sp³-hybridized carbons (Fsp3) is 0.571. The van der Waals surface area contributed by atoms with E-state index >= 15 is 0 Å². The number of hydrogen-bond acceptors (Lipinski definition) is 2. The van der Waals surface area contributed by atoms with Crippen LogP contribution in [0.1, 0.15) is 31.7 Å². The van der Waals surface area contributed by atoms with Crippen molar-refractivity contribution in [3.05, 3.63) is 38.9 Å². The molecule has 1 saturated carbocycles. The van der Waals surface area contributed by atoms with Gasteiger partial charge in [0.25, 0.3) is 5.69 Å². The van der Waals surface area contributed by atoms with E-state index in [4.69, 9.17) is 23.2 Å². The van der Waals surface area contributed by atoms with Crippen LogP contribution >= 0.6 is 23.2 Å². The number of benzene rings is 1. The quantitative estimate of drug-likeness (QED) is 0.456. The number of nitro groups is 1. The molecule has 2 rings (SSSR count). The van der Waals surface area contributed by atoms with Crippen LogP contribution in [0.3, 0.4) is 0 Å². The zero-order valence-electron chi connectivity index (χ0n) is 10.8. The van der Waals surface area contributed by atoms with Gasteiger partial charge in [0.1, 0.15) is 0 Å². The molecule has 3 nitrogen and oxygen atoms in total. The molecule has 0 radical (unpaired) electrons. The molecule has 0 aliphatic heterocycles. The molecule has 1 aromatic rings. The average molecular weight is 302 g/mol. The Bertz CT molecular complexity index is 479. The van der Waals surface area contributed by atoms with E-state index in [9.17, 15) is 10.1 Å². The molecule has 5 heteroatoms. The van der Waals surface area contributed by atoms with E-state index in [1.807, 2.05) is 0 Å². The second-order valence-electron chi connectivity index (χ2n) is 5.43. The summed E-state index contributed by atoms with van der Waals surface area (Å²) >= 11 is 12.3. The standard InChI is InChI=1S/C14H17Cl2NO2/c1-9-2-4-13(16)10(6-9)7-11-8-12(15)3-5-14(11)17(18)19/h3,5,8-10,13H,2,4,6-7H2,1H3. The molecule has 0 bridgehead atoms. The van der Waals surface area contributed by atoms with Crippen molar-refractivity contribution in [3.63, 3.8) is 0 Å². The maximum Gasteiger partial charge on any atom is 0.272 e. The molecule has 3 atom stereocenters. The highest BCUT2D eigenvalue weighted by atomic mass is 35.5. The highest BCUT2D eigenvalue weighted by Gasteiger charge is 2.29. The Hall–Kier alpha value is -0.800. The van der Waals surface area contributed by atoms with Crippen molar-refractivity contribution in [1.82, 2.24) is 0 Å². The number of halogens is 2. The van der Waals surface area contributed by atoms with Crippen LogP contribution in [0.25, 0.3) is 0 Å². The van der Waals surface area contributed by atoms with Gasteiger partial charge in [0.05, 0.1) is 4.92 Å². The Labute approximate surface area is 123 Å². The lowest BCUT2D eigenvalue weighted by molar-refractivity contribution is -0.385. The molecule has 104 valence electrons. The van der Waals surface area contributed by atoms with E-state index in [-0.39, 0.29) is 16.0 Å². The van der Waals surface area contributed by atoms with Crippen molar-refractivity contribution >= 4 is 28.9 Å². The minimum absolute atomic E-state index is 0.106. The van der Waals surface area contributed by atoms with Gasteiger partial charge in [-0.1, -0.05) is 18.5 Å². The molecule has 1 aliphatic rings. The molecule has 1 fully saturated rings. The maximum absolute atomic E-state index is 11.1. The SMILES string of the molecule is CC1CCC(Cl)C(Cc2cc(Cl)ccc2[N+](=O)[O-])C1. The summed E-state index contributed by atoms with van der Waals surface area (Å²) < 4.78 is 0. The van der Waals surface area contributed by atoms with Crippen LogP contribution in [-0.4, -0.2) is 10.3 Å². The fourth-order valence-corrected chi connectivity index (χ4v) is 3.36. The maximum atomic E-state index is 11.1. The van der Waals surface area contributed by atoms with Gasteiger partial charge in [-0.25, -0.2) is 0 Å². The first-order chi connectivity index (χ1) is 8.97. The third-order valence-electron chi connectivity index (χ3n) is 3.87. The molecule has 1 aromatic carbocycles. The minimum Gasteiger partial charge on any atom is -0.258 e. The summed E-state index contributed by atoms with van der Waals surface area (Å²) in [4.78, 5) is 10.7. The third-order valence-corrected chi connectivity index (χ3v) is 4.68. The first-order valence-electron chi connectivity index (χ1n) is 6.54. The van der Waals surface area contributed by atoms with Gasteiger partial charge < -0.3 is 0 Å². The van der Waals surface area contributed by atoms with Gasteiger partial charge in [0.2, 0.25) is 0 Å². The first-order valence-corrected chi connectivity index (χ1v) is 7.35. The molecule has 3 unspecified atom stereocenters. The normalized spacial score (nSPS) is 27.2. The van der Waals surface area contributed by atoms with Crippen LogP contribution in [0.5, 0.6) is 0 Å². The topological polar surface area (TPSA) is 43.1 Å². The van der Waals surface area contributed by atoms with E-state index < -0.39 is 0 Å². The van der Waals surface area contributed by atoms with Crippen molar-refractivity contribution in [2.24, 2.45) is 11.8 Å². The lowest BCUT2D eigenvalue weighted by atomic mass is 9.79. The molecular weight excluding hydrogens is 285 g/mol. The highest BCUT2D eigenvalue weighted by molar-refractivity contribution is 6.30. The lowest BCUT2D eigenvalue weighted by Crippen LogP contribution is -2.26. The molecule has 0 amide bonds. The summed E-state index contributed by atoms with van der Waals surface area (Å²) in [5, 5.41) is 11.7. The molecule has 1 aliphatic carbocycles. The number of nitro benzene ring substituents is 1. The molecule has 0 N–H and O–H groups in total. The summed E-state index contributed by atoms with van der Waals surface area (Å²) in [6, 6.07) is 4.74. The number of alkyl halides is 1. The van der Waals surface area contributed by atoms with Crippen LogP contribution in [0, 0.1) is 22.0 Å². The molecule has 0 spiro atoms. The van der Waals surface area contributed by atoms with Crippen LogP contribution in [0.2, 0.25) is 5.02 Å². The second-order valence-corrected chi connectivity index (χ2v) is 6.43. The Morgan fingerprint density at radius 2 is 2.16 bits per heavy atom. The molecule has 0 saturated heterocycles. The molecule has 0 aromatic heterocycles. The van der Waals surface area contributed by atoms with Gasteiger partial charge in [0, 0.05) is 22.0 Å². The van der Waals surface area contributed by atoms with E-state index in [0.717, 1.165) is 19.3 Å². The largest absolute Gasteiger partial charge is 0.272 e. The zero-order chi connectivity index (χ0) is 14.0. The predicted octanol–water partition coefficient (Wildman–Crippen LogP) is 4.83. The summed E-state index contributed by atoms with van der Waals surface area (Å²) in [7, 11) is 0. The van der Waals surface area contributed by atoms with Gasteiger partial charge in [-0.2, -0.15) is 0 Å². The number of nitrogens with zero attached hydrogens (tertiary/aromatic N) is 1. The van der Waals surface area contributed by atoms with E-state index in [2.05, 4.69) is 6.92 Å². The van der Waals surface area contributed by atoms with Crippen molar-refractivity contribution in [3.8, 4) is 0 Å². The smallest absolute Gasteiger partial charge is 0.258 e. The van der Waals surface area contributed by atoms with Gasteiger partial charge >= 0.3 is 0 Å². The Morgan fingerprint density at radius 1 is 1.42 bits per heavy atom. The highest BCUT2D eigenvalue weighted by Crippen LogP contribution is 2.36. The predicted molar refractivity (Wildman–Crippen MR) is 78.0 cm³/mol. The zero-order valence-corrected chi connectivity index (χ0v) is 12.3. The van der Waals surface area contributed by atoms with Gasteiger partial charge in [-0.05, 0) is 49.7 Å². The molecule has 19 heavy (non-hydrogen) atoms. The van der Waals surface area contributed by atoms with E-state index in [1.165, 1.54) is 6.07 Å². The van der Waals surface area contributed by atoms with Crippen LogP contribution < -0.4 is 0 Å². The van der Waals surface area contributed by atoms with Crippen LogP contribution in [0.4, 0.5) is 5.69 Å². The fourth-order valence-electron chi connectivity index (χ4n) is 2.85. The van der Waals surface area contributed by atoms with Gasteiger partial charge in [0.15, 0.2) is 0 Å². The van der Waals surface area contributed by atoms with Crippen molar-refractivity contribution in [2.45, 2.75) is 38.0 Å². The number of rotatable bonds is 3. The van der Waals surface area contributed by atoms with Crippen molar-refractivity contribution in [2.75, 3.05) is 0 Å². The Kier molecular flexibility index (Phi) is 4.69. The summed E-state index contributed by atoms with van der Waals surface area (Å²) in [6.45, 7) is 2.21. The number of hydrogen-bond donors (Lipinski definition) is 0. The van der Waals surface area contributed by atoms with Crippen LogP contribution in [0.15, 0.2) is 18.2 Å². The third kappa shape index (κ3) is 3.61. The molecular formula is C14H17Cl2NO2. The summed E-state index contributed by atoms with van der Waals surface area (Å²) in [6.07, 6.45) is 3.79. The summed E-state index contributed by atoms with van der Waals surface area (Å²) in [5.41, 5.74) is 0.841. The Balaban J connectivity index is 2.22. The van der Waals surface area contributed by atoms with Crippen molar-refractivity contribution < 1.29 is 4.92 Å². The van der Waals surface area contributed by atoms with E-state index in [1.54, 1.807) is 12.1 Å². The first kappa shape index (κ1) is 14.6.